The van der Waals surface area contributed by atoms with E-state index in [2.05, 4.69) is 9.97 Å². The van der Waals surface area contributed by atoms with Gasteiger partial charge in [0.1, 0.15) is 5.52 Å². The minimum atomic E-state index is -3.51. The zero-order valence-electron chi connectivity index (χ0n) is 8.32. The fraction of sp³-hybridized carbons (Fsp3) is 0.250. The first-order valence-corrected chi connectivity index (χ1v) is 5.64. The van der Waals surface area contributed by atoms with Gasteiger partial charge in [-0.1, -0.05) is 0 Å². The molecule has 2 aromatic rings. The molecule has 0 radical (unpaired) electrons. The molecule has 6 nitrogen and oxygen atoms in total. The molecule has 2 heterocycles. The zero-order chi connectivity index (χ0) is 11.1. The maximum Gasteiger partial charge on any atom is 0.308 e. The van der Waals surface area contributed by atoms with Crippen molar-refractivity contribution < 1.29 is 8.42 Å². The number of aromatic nitrogens is 3. The summed E-state index contributed by atoms with van der Waals surface area (Å²) in [5, 5.41) is 0. The van der Waals surface area contributed by atoms with Crippen LogP contribution in [0.15, 0.2) is 24.7 Å². The Kier molecular flexibility index (Phi) is 2.20. The Balaban J connectivity index is 2.74. The summed E-state index contributed by atoms with van der Waals surface area (Å²) in [5.41, 5.74) is 0.897. The minimum Gasteiger partial charge on any atom is -0.251 e. The molecule has 0 atom stereocenters. The van der Waals surface area contributed by atoms with Crippen LogP contribution in [-0.2, 0) is 10.2 Å². The highest BCUT2D eigenvalue weighted by Crippen LogP contribution is 2.13. The van der Waals surface area contributed by atoms with E-state index in [-0.39, 0.29) is 0 Å². The van der Waals surface area contributed by atoms with Crippen molar-refractivity contribution in [3.63, 3.8) is 0 Å². The summed E-state index contributed by atoms with van der Waals surface area (Å²) < 4.78 is 25.9. The second-order valence-corrected chi connectivity index (χ2v) is 5.19. The average molecular weight is 226 g/mol. The monoisotopic (exact) mass is 226 g/mol. The van der Waals surface area contributed by atoms with E-state index in [0.29, 0.717) is 11.2 Å². The highest BCUT2D eigenvalue weighted by molar-refractivity contribution is 7.87. The Morgan fingerprint density at radius 1 is 1.27 bits per heavy atom. The second-order valence-electron chi connectivity index (χ2n) is 3.17. The topological polar surface area (TPSA) is 68.1 Å². The molecule has 0 saturated heterocycles. The number of hydrogen-bond donors (Lipinski definition) is 0. The molecule has 0 aliphatic rings. The zero-order valence-corrected chi connectivity index (χ0v) is 9.14. The molecule has 0 aliphatic heterocycles. The smallest absolute Gasteiger partial charge is 0.251 e. The van der Waals surface area contributed by atoms with E-state index in [4.69, 9.17) is 0 Å². The lowest BCUT2D eigenvalue weighted by Gasteiger charge is -2.12. The lowest BCUT2D eigenvalue weighted by atomic mass is 10.5. The largest absolute Gasteiger partial charge is 0.308 e. The van der Waals surface area contributed by atoms with Gasteiger partial charge in [-0.25, -0.2) is 8.96 Å². The first kappa shape index (κ1) is 10.1. The first-order chi connectivity index (χ1) is 7.03. The molecular weight excluding hydrogens is 216 g/mol. The van der Waals surface area contributed by atoms with Crippen molar-refractivity contribution in [2.45, 2.75) is 0 Å². The second kappa shape index (κ2) is 3.28. The van der Waals surface area contributed by atoms with Gasteiger partial charge in [-0.3, -0.25) is 4.98 Å². The van der Waals surface area contributed by atoms with E-state index in [1.165, 1.54) is 32.7 Å². The summed E-state index contributed by atoms with van der Waals surface area (Å²) in [7, 11) is -0.573. The van der Waals surface area contributed by atoms with Gasteiger partial charge in [0.05, 0.1) is 0 Å². The van der Waals surface area contributed by atoms with Crippen molar-refractivity contribution in [3.05, 3.63) is 24.7 Å². The molecule has 15 heavy (non-hydrogen) atoms. The van der Waals surface area contributed by atoms with Gasteiger partial charge in [-0.15, -0.1) is 0 Å². The molecule has 2 rings (SSSR count). The summed E-state index contributed by atoms with van der Waals surface area (Å²) in [6.07, 6.45) is 4.43. The Bertz CT molecular complexity index is 587. The van der Waals surface area contributed by atoms with Crippen LogP contribution in [0.5, 0.6) is 0 Å². The van der Waals surface area contributed by atoms with E-state index in [9.17, 15) is 8.42 Å². The molecule has 0 N–H and O–H groups in total. The van der Waals surface area contributed by atoms with Crippen molar-refractivity contribution in [2.24, 2.45) is 0 Å². The number of fused-ring (bicyclic) bond motifs is 1. The molecule has 2 aromatic heterocycles. The van der Waals surface area contributed by atoms with E-state index < -0.39 is 10.2 Å². The van der Waals surface area contributed by atoms with Crippen LogP contribution < -0.4 is 0 Å². The van der Waals surface area contributed by atoms with Gasteiger partial charge >= 0.3 is 10.2 Å². The maximum atomic E-state index is 11.8. The van der Waals surface area contributed by atoms with Crippen LogP contribution in [0, 0.1) is 0 Å². The number of hydrogen-bond acceptors (Lipinski definition) is 4. The molecule has 0 amide bonds. The van der Waals surface area contributed by atoms with Gasteiger partial charge in [0, 0.05) is 32.7 Å². The summed E-state index contributed by atoms with van der Waals surface area (Å²) in [6.45, 7) is 0. The molecular formula is C8H10N4O2S. The lowest BCUT2D eigenvalue weighted by molar-refractivity contribution is 0.512. The van der Waals surface area contributed by atoms with E-state index in [1.54, 1.807) is 6.07 Å². The Labute approximate surface area is 87.4 Å². The van der Waals surface area contributed by atoms with Crippen molar-refractivity contribution >= 4 is 21.4 Å². The van der Waals surface area contributed by atoms with Gasteiger partial charge in [0.25, 0.3) is 0 Å². The standard InChI is InChI=1S/C8H10N4O2S/c1-11(2)15(13,14)12-6-3-7-8(12)10-5-4-9-7/h3-6H,1-2H3. The molecule has 0 unspecified atom stereocenters. The summed E-state index contributed by atoms with van der Waals surface area (Å²) in [5.74, 6) is 0. The highest BCUT2D eigenvalue weighted by atomic mass is 32.2. The Morgan fingerprint density at radius 3 is 2.60 bits per heavy atom. The molecule has 0 aliphatic carbocycles. The number of nitrogens with zero attached hydrogens (tertiary/aromatic N) is 4. The Morgan fingerprint density at radius 2 is 1.93 bits per heavy atom. The molecule has 0 spiro atoms. The van der Waals surface area contributed by atoms with Crippen LogP contribution in [0.3, 0.4) is 0 Å². The molecule has 0 bridgehead atoms. The number of rotatable bonds is 2. The van der Waals surface area contributed by atoms with Crippen LogP contribution in [-0.4, -0.2) is 40.8 Å². The summed E-state index contributed by atoms with van der Waals surface area (Å²) in [4.78, 5) is 7.99. The van der Waals surface area contributed by atoms with Crippen molar-refractivity contribution in [3.8, 4) is 0 Å². The molecule has 80 valence electrons. The van der Waals surface area contributed by atoms with Crippen molar-refractivity contribution in [1.29, 1.82) is 0 Å². The summed E-state index contributed by atoms with van der Waals surface area (Å²) in [6, 6.07) is 1.61. The molecule has 0 fully saturated rings. The predicted octanol–water partition coefficient (Wildman–Crippen LogP) is 0.0858. The molecule has 7 heteroatoms. The third-order valence-electron chi connectivity index (χ3n) is 1.99. The third-order valence-corrected chi connectivity index (χ3v) is 3.71. The van der Waals surface area contributed by atoms with E-state index >= 15 is 0 Å². The minimum absolute atomic E-state index is 0.339. The van der Waals surface area contributed by atoms with Gasteiger partial charge in [0.2, 0.25) is 0 Å². The van der Waals surface area contributed by atoms with Crippen LogP contribution >= 0.6 is 0 Å². The maximum absolute atomic E-state index is 11.8. The van der Waals surface area contributed by atoms with Gasteiger partial charge in [-0.05, 0) is 6.07 Å². The van der Waals surface area contributed by atoms with E-state index in [1.807, 2.05) is 0 Å². The van der Waals surface area contributed by atoms with Crippen LogP contribution in [0.2, 0.25) is 0 Å². The van der Waals surface area contributed by atoms with E-state index in [0.717, 1.165) is 8.28 Å². The third kappa shape index (κ3) is 1.49. The predicted molar refractivity (Wildman–Crippen MR) is 55.5 cm³/mol. The fourth-order valence-electron chi connectivity index (χ4n) is 1.20. The molecule has 0 aromatic carbocycles. The SMILES string of the molecule is CN(C)S(=O)(=O)n1ccc2nccnc21. The van der Waals surface area contributed by atoms with Gasteiger partial charge in [0.15, 0.2) is 5.65 Å². The van der Waals surface area contributed by atoms with Crippen molar-refractivity contribution in [1.82, 2.24) is 18.2 Å². The fourth-order valence-corrected chi connectivity index (χ4v) is 2.13. The molecule has 0 saturated carbocycles. The average Bonchev–Trinajstić information content (AvgIpc) is 2.61. The van der Waals surface area contributed by atoms with Crippen molar-refractivity contribution in [2.75, 3.05) is 14.1 Å². The van der Waals surface area contributed by atoms with Crippen LogP contribution in [0.1, 0.15) is 0 Å². The van der Waals surface area contributed by atoms with Gasteiger partial charge in [-0.2, -0.15) is 12.7 Å². The summed E-state index contributed by atoms with van der Waals surface area (Å²) >= 11 is 0. The van der Waals surface area contributed by atoms with Crippen LogP contribution in [0.25, 0.3) is 11.2 Å². The quantitative estimate of drug-likeness (QED) is 0.727. The Hall–Kier alpha value is -1.47. The normalized spacial score (nSPS) is 12.5. The van der Waals surface area contributed by atoms with Crippen LogP contribution in [0.4, 0.5) is 0 Å². The lowest BCUT2D eigenvalue weighted by Crippen LogP contribution is -2.28. The first-order valence-electron chi connectivity index (χ1n) is 4.24. The van der Waals surface area contributed by atoms with Gasteiger partial charge < -0.3 is 0 Å². The highest BCUT2D eigenvalue weighted by Gasteiger charge is 2.18.